The number of hydrogen-bond acceptors (Lipinski definition) is 5. The molecule has 3 N–H and O–H groups in total. The van der Waals surface area contributed by atoms with E-state index in [1.54, 1.807) is 6.08 Å². The Morgan fingerprint density at radius 1 is 1.03 bits per heavy atom. The van der Waals surface area contributed by atoms with Crippen LogP contribution in [0.25, 0.3) is 0 Å². The number of piperazine rings is 1. The van der Waals surface area contributed by atoms with Crippen molar-refractivity contribution < 1.29 is 14.4 Å². The Kier molecular flexibility index (Phi) is 6.67. The molecule has 8 nitrogen and oxygen atoms in total. The van der Waals surface area contributed by atoms with Gasteiger partial charge in [-0.25, -0.2) is 4.79 Å². The zero-order valence-corrected chi connectivity index (χ0v) is 18.7. The first-order valence-corrected chi connectivity index (χ1v) is 11.8. The van der Waals surface area contributed by atoms with Crippen LogP contribution in [0.5, 0.6) is 0 Å². The lowest BCUT2D eigenvalue weighted by Gasteiger charge is -2.56. The molecular formula is C23H37N5O3. The van der Waals surface area contributed by atoms with E-state index in [0.29, 0.717) is 26.2 Å². The SMILES string of the molecule is C=CCNC(=O)CN1CCN(C(C)C(=O)NC(=O)NC23CC4CC(CC(C4)C2)C3)CC1. The van der Waals surface area contributed by atoms with Crippen molar-refractivity contribution in [3.05, 3.63) is 12.7 Å². The number of hydrogen-bond donors (Lipinski definition) is 3. The lowest BCUT2D eigenvalue weighted by molar-refractivity contribution is -0.127. The summed E-state index contributed by atoms with van der Waals surface area (Å²) in [5, 5.41) is 8.60. The molecular weight excluding hydrogens is 394 g/mol. The van der Waals surface area contributed by atoms with Gasteiger partial charge in [0.15, 0.2) is 0 Å². The van der Waals surface area contributed by atoms with E-state index in [2.05, 4.69) is 32.3 Å². The van der Waals surface area contributed by atoms with Crippen LogP contribution in [-0.2, 0) is 9.59 Å². The second-order valence-electron chi connectivity index (χ2n) is 10.2. The van der Waals surface area contributed by atoms with E-state index >= 15 is 0 Å². The highest BCUT2D eigenvalue weighted by atomic mass is 16.2. The van der Waals surface area contributed by atoms with Gasteiger partial charge in [0, 0.05) is 38.3 Å². The Morgan fingerprint density at radius 3 is 2.16 bits per heavy atom. The minimum Gasteiger partial charge on any atom is -0.352 e. The third kappa shape index (κ3) is 5.29. The van der Waals surface area contributed by atoms with Gasteiger partial charge in [0.2, 0.25) is 11.8 Å². The highest BCUT2D eigenvalue weighted by Crippen LogP contribution is 2.55. The molecule has 31 heavy (non-hydrogen) atoms. The third-order valence-corrected chi connectivity index (χ3v) is 7.80. The van der Waals surface area contributed by atoms with Crippen LogP contribution in [-0.4, -0.2) is 78.5 Å². The van der Waals surface area contributed by atoms with Gasteiger partial charge in [0.1, 0.15) is 0 Å². The topological polar surface area (TPSA) is 93.8 Å². The number of nitrogens with one attached hydrogen (secondary N) is 3. The van der Waals surface area contributed by atoms with E-state index < -0.39 is 0 Å². The van der Waals surface area contributed by atoms with E-state index in [-0.39, 0.29) is 29.4 Å². The molecule has 4 amide bonds. The van der Waals surface area contributed by atoms with Crippen LogP contribution in [0, 0.1) is 17.8 Å². The van der Waals surface area contributed by atoms with Gasteiger partial charge in [-0.15, -0.1) is 6.58 Å². The van der Waals surface area contributed by atoms with Crippen LogP contribution in [0.2, 0.25) is 0 Å². The van der Waals surface area contributed by atoms with Crippen molar-refractivity contribution in [2.45, 2.75) is 57.0 Å². The summed E-state index contributed by atoms with van der Waals surface area (Å²) in [6, 6.07) is -0.713. The largest absolute Gasteiger partial charge is 0.352 e. The third-order valence-electron chi connectivity index (χ3n) is 7.80. The van der Waals surface area contributed by atoms with Crippen LogP contribution in [0.15, 0.2) is 12.7 Å². The Morgan fingerprint density at radius 2 is 1.61 bits per heavy atom. The highest BCUT2D eigenvalue weighted by Gasteiger charge is 2.51. The molecule has 8 heteroatoms. The molecule has 5 rings (SSSR count). The van der Waals surface area contributed by atoms with Crippen LogP contribution in [0.1, 0.15) is 45.4 Å². The molecule has 0 aromatic rings. The minimum atomic E-state index is -0.376. The van der Waals surface area contributed by atoms with Gasteiger partial charge in [0.25, 0.3) is 0 Å². The lowest BCUT2D eigenvalue weighted by Crippen LogP contribution is -2.63. The quantitative estimate of drug-likeness (QED) is 0.525. The smallest absolute Gasteiger partial charge is 0.321 e. The maximum absolute atomic E-state index is 12.7. The molecule has 172 valence electrons. The van der Waals surface area contributed by atoms with E-state index in [1.165, 1.54) is 19.3 Å². The van der Waals surface area contributed by atoms with Gasteiger partial charge in [-0.1, -0.05) is 6.08 Å². The summed E-state index contributed by atoms with van der Waals surface area (Å²) in [5.41, 5.74) is -0.0971. The lowest BCUT2D eigenvalue weighted by atomic mass is 9.53. The number of carbonyl (C=O) groups is 3. The summed E-state index contributed by atoms with van der Waals surface area (Å²) in [6.45, 7) is 9.10. The fourth-order valence-corrected chi connectivity index (χ4v) is 6.67. The average Bonchev–Trinajstić information content (AvgIpc) is 2.70. The van der Waals surface area contributed by atoms with Crippen molar-refractivity contribution in [2.75, 3.05) is 39.3 Å². The molecule has 4 saturated carbocycles. The van der Waals surface area contributed by atoms with Crippen LogP contribution >= 0.6 is 0 Å². The standard InChI is InChI=1S/C23H37N5O3/c1-3-4-24-20(29)15-27-5-7-28(8-6-27)16(2)21(30)25-22(31)26-23-12-17-9-18(13-23)11-19(10-17)14-23/h3,16-19H,1,4-15H2,2H3,(H,24,29)(H2,25,26,30,31). The van der Waals surface area contributed by atoms with E-state index in [9.17, 15) is 14.4 Å². The Hall–Kier alpha value is -1.93. The first-order valence-electron chi connectivity index (χ1n) is 11.8. The maximum atomic E-state index is 12.7. The molecule has 0 aromatic heterocycles. The van der Waals surface area contributed by atoms with Crippen LogP contribution in [0.3, 0.4) is 0 Å². The second kappa shape index (κ2) is 9.28. The monoisotopic (exact) mass is 431 g/mol. The van der Waals surface area contributed by atoms with Crippen molar-refractivity contribution >= 4 is 17.8 Å². The van der Waals surface area contributed by atoms with Crippen molar-refractivity contribution in [3.63, 3.8) is 0 Å². The molecule has 0 aromatic carbocycles. The van der Waals surface area contributed by atoms with Gasteiger partial charge < -0.3 is 10.6 Å². The molecule has 5 fully saturated rings. The van der Waals surface area contributed by atoms with E-state index in [4.69, 9.17) is 0 Å². The maximum Gasteiger partial charge on any atom is 0.321 e. The molecule has 1 atom stereocenters. The minimum absolute atomic E-state index is 0.0134. The van der Waals surface area contributed by atoms with Crippen molar-refractivity contribution in [3.8, 4) is 0 Å². The number of imide groups is 1. The molecule has 1 heterocycles. The molecule has 0 spiro atoms. The molecule has 0 radical (unpaired) electrons. The molecule has 4 aliphatic carbocycles. The summed E-state index contributed by atoms with van der Waals surface area (Å²) < 4.78 is 0. The average molecular weight is 432 g/mol. The predicted molar refractivity (Wildman–Crippen MR) is 118 cm³/mol. The summed E-state index contributed by atoms with van der Waals surface area (Å²) in [6.07, 6.45) is 8.83. The number of nitrogens with zero attached hydrogens (tertiary/aromatic N) is 2. The van der Waals surface area contributed by atoms with Crippen LogP contribution in [0.4, 0.5) is 4.79 Å². The number of carbonyl (C=O) groups excluding carboxylic acids is 3. The molecule has 4 bridgehead atoms. The van der Waals surface area contributed by atoms with Crippen molar-refractivity contribution in [1.82, 2.24) is 25.8 Å². The summed E-state index contributed by atoms with van der Waals surface area (Å²) in [7, 11) is 0. The Balaban J connectivity index is 1.21. The van der Waals surface area contributed by atoms with Crippen molar-refractivity contribution in [1.29, 1.82) is 0 Å². The fourth-order valence-electron chi connectivity index (χ4n) is 6.67. The van der Waals surface area contributed by atoms with Gasteiger partial charge in [-0.05, 0) is 63.2 Å². The van der Waals surface area contributed by atoms with E-state index in [1.807, 2.05) is 6.92 Å². The first kappa shape index (κ1) is 22.3. The fraction of sp³-hybridized carbons (Fsp3) is 0.783. The van der Waals surface area contributed by atoms with Gasteiger partial charge in [-0.3, -0.25) is 24.7 Å². The first-order chi connectivity index (χ1) is 14.9. The number of rotatable bonds is 7. The zero-order valence-electron chi connectivity index (χ0n) is 18.7. The molecule has 1 aliphatic heterocycles. The van der Waals surface area contributed by atoms with Gasteiger partial charge >= 0.3 is 6.03 Å². The summed E-state index contributed by atoms with van der Waals surface area (Å²) in [4.78, 5) is 41.4. The Bertz CT molecular complexity index is 681. The van der Waals surface area contributed by atoms with Gasteiger partial charge in [-0.2, -0.15) is 0 Å². The van der Waals surface area contributed by atoms with Gasteiger partial charge in [0.05, 0.1) is 12.6 Å². The normalized spacial score (nSPS) is 33.5. The Labute approximate surface area is 185 Å². The summed E-state index contributed by atoms with van der Waals surface area (Å²) in [5.74, 6) is 1.98. The summed E-state index contributed by atoms with van der Waals surface area (Å²) >= 11 is 0. The van der Waals surface area contributed by atoms with E-state index in [0.717, 1.165) is 50.1 Å². The molecule has 5 aliphatic rings. The second-order valence-corrected chi connectivity index (χ2v) is 10.2. The molecule has 1 saturated heterocycles. The number of urea groups is 1. The predicted octanol–water partition coefficient (Wildman–Crippen LogP) is 1.09. The zero-order chi connectivity index (χ0) is 22.0. The highest BCUT2D eigenvalue weighted by molar-refractivity contribution is 5.97. The van der Waals surface area contributed by atoms with Crippen molar-refractivity contribution in [2.24, 2.45) is 17.8 Å². The molecule has 1 unspecified atom stereocenters. The van der Waals surface area contributed by atoms with Crippen LogP contribution < -0.4 is 16.0 Å². The number of amides is 4.